The van der Waals surface area contributed by atoms with E-state index in [2.05, 4.69) is 4.98 Å². The Labute approximate surface area is 237 Å². The molecule has 1 heterocycles. The number of carbonyl (C=O) groups excluding carboxylic acids is 3. The molecule has 1 aromatic carbocycles. The molecule has 1 fully saturated rings. The van der Waals surface area contributed by atoms with Gasteiger partial charge in [0, 0.05) is 28.4 Å². The third-order valence-electron chi connectivity index (χ3n) is 7.13. The molecule has 0 bridgehead atoms. The second kappa shape index (κ2) is 13.4. The first-order valence-electron chi connectivity index (χ1n) is 13.1. The van der Waals surface area contributed by atoms with Gasteiger partial charge in [0.15, 0.2) is 0 Å². The van der Waals surface area contributed by atoms with Crippen molar-refractivity contribution in [2.75, 3.05) is 17.8 Å². The number of aryl methyl sites for hydroxylation is 1. The molecule has 10 heteroatoms. The number of aromatic nitrogens is 1. The largest absolute Gasteiger partial charge is 0.468 e. The minimum atomic E-state index is -0.691. The number of rotatable bonds is 9. The van der Waals surface area contributed by atoms with Gasteiger partial charge in [-0.05, 0) is 87.6 Å². The molecule has 1 aromatic heterocycles. The summed E-state index contributed by atoms with van der Waals surface area (Å²) in [6, 6.07) is 4.42. The van der Waals surface area contributed by atoms with Crippen LogP contribution in [0.4, 0.5) is 10.1 Å². The Morgan fingerprint density at radius 3 is 2.54 bits per heavy atom. The van der Waals surface area contributed by atoms with Gasteiger partial charge in [-0.15, -0.1) is 11.8 Å². The predicted molar refractivity (Wildman–Crippen MR) is 148 cm³/mol. The molecule has 7 nitrogen and oxygen atoms in total. The summed E-state index contributed by atoms with van der Waals surface area (Å²) < 4.78 is 26.0. The van der Waals surface area contributed by atoms with E-state index >= 15 is 4.39 Å². The molecule has 0 saturated heterocycles. The number of esters is 2. The topological polar surface area (TPSA) is 85.8 Å². The van der Waals surface area contributed by atoms with Crippen molar-refractivity contribution >= 4 is 46.9 Å². The molecule has 1 amide bonds. The van der Waals surface area contributed by atoms with Crippen LogP contribution in [-0.2, 0) is 30.4 Å². The highest BCUT2D eigenvalue weighted by Gasteiger charge is 2.32. The van der Waals surface area contributed by atoms with Gasteiger partial charge in [-0.25, -0.2) is 9.18 Å². The summed E-state index contributed by atoms with van der Waals surface area (Å²) in [6.07, 6.45) is 9.22. The third-order valence-corrected chi connectivity index (χ3v) is 8.59. The summed E-state index contributed by atoms with van der Waals surface area (Å²) in [7, 11) is 1.28. The van der Waals surface area contributed by atoms with Gasteiger partial charge in [0.05, 0.1) is 30.1 Å². The number of benzene rings is 1. The van der Waals surface area contributed by atoms with Crippen LogP contribution >= 0.6 is 23.4 Å². The van der Waals surface area contributed by atoms with Crippen LogP contribution in [0.2, 0.25) is 5.02 Å². The number of anilines is 1. The standard InChI is InChI=1S/C29H32ClFN2O5S/c1-18-11-12-32-15-19(18)16-33(25-14-26(23(30)13-24(25)31)39-17-27(34)37-2)28(35)21-9-5-6-10-22(21)29(36)38-20-7-3-4-8-20/h11-15,20H,3-10,16-17H2,1-2H3. The van der Waals surface area contributed by atoms with Gasteiger partial charge in [-0.1, -0.05) is 11.6 Å². The Bertz CT molecular complexity index is 1280. The fourth-order valence-corrected chi connectivity index (χ4v) is 5.99. The zero-order valence-electron chi connectivity index (χ0n) is 22.1. The third kappa shape index (κ3) is 7.19. The molecular weight excluding hydrogens is 543 g/mol. The van der Waals surface area contributed by atoms with Crippen LogP contribution in [0.5, 0.6) is 0 Å². The van der Waals surface area contributed by atoms with E-state index in [4.69, 9.17) is 21.1 Å². The minimum absolute atomic E-state index is 0.00148. The normalized spacial score (nSPS) is 15.8. The average molecular weight is 575 g/mol. The SMILES string of the molecule is COC(=O)CSc1cc(N(Cc2cnccc2C)C(=O)C2=C(C(=O)OC3CCCC3)CCCC2)c(F)cc1Cl. The number of ether oxygens (including phenoxy) is 2. The van der Waals surface area contributed by atoms with Crippen LogP contribution in [0, 0.1) is 12.7 Å². The van der Waals surface area contributed by atoms with Gasteiger partial charge in [0.2, 0.25) is 0 Å². The monoisotopic (exact) mass is 574 g/mol. The Morgan fingerprint density at radius 2 is 1.85 bits per heavy atom. The van der Waals surface area contributed by atoms with Crippen molar-refractivity contribution in [2.45, 2.75) is 75.8 Å². The molecule has 0 atom stereocenters. The number of methoxy groups -OCH3 is 1. The molecule has 0 spiro atoms. The quantitative estimate of drug-likeness (QED) is 0.255. The maximum atomic E-state index is 15.5. The van der Waals surface area contributed by atoms with E-state index < -0.39 is 23.7 Å². The van der Waals surface area contributed by atoms with Gasteiger partial charge in [-0.3, -0.25) is 14.6 Å². The number of halogens is 2. The second-order valence-corrected chi connectivity index (χ2v) is 11.2. The van der Waals surface area contributed by atoms with Crippen molar-refractivity contribution < 1.29 is 28.2 Å². The number of carbonyl (C=O) groups is 3. The number of hydrogen-bond acceptors (Lipinski definition) is 7. The lowest BCUT2D eigenvalue weighted by atomic mass is 9.90. The average Bonchev–Trinajstić information content (AvgIpc) is 3.45. The second-order valence-electron chi connectivity index (χ2n) is 9.77. The number of amides is 1. The predicted octanol–water partition coefficient (Wildman–Crippen LogP) is 6.34. The Kier molecular flexibility index (Phi) is 10.0. The molecule has 0 radical (unpaired) electrons. The summed E-state index contributed by atoms with van der Waals surface area (Å²) in [5, 5.41) is 0.118. The number of thioether (sulfide) groups is 1. The maximum Gasteiger partial charge on any atom is 0.334 e. The lowest BCUT2D eigenvalue weighted by Gasteiger charge is -2.28. The van der Waals surface area contributed by atoms with E-state index in [0.29, 0.717) is 28.9 Å². The van der Waals surface area contributed by atoms with Gasteiger partial charge in [-0.2, -0.15) is 0 Å². The molecule has 39 heavy (non-hydrogen) atoms. The zero-order chi connectivity index (χ0) is 27.9. The molecule has 2 aromatic rings. The van der Waals surface area contributed by atoms with Crippen molar-refractivity contribution in [2.24, 2.45) is 0 Å². The van der Waals surface area contributed by atoms with Crippen LogP contribution in [0.25, 0.3) is 0 Å². The van der Waals surface area contributed by atoms with E-state index in [1.165, 1.54) is 18.1 Å². The smallest absolute Gasteiger partial charge is 0.334 e. The fraction of sp³-hybridized carbons (Fsp3) is 0.448. The van der Waals surface area contributed by atoms with Gasteiger partial charge >= 0.3 is 11.9 Å². The van der Waals surface area contributed by atoms with Crippen molar-refractivity contribution in [3.63, 3.8) is 0 Å². The molecule has 1 saturated carbocycles. The molecular formula is C29H32ClFN2O5S. The maximum absolute atomic E-state index is 15.5. The van der Waals surface area contributed by atoms with E-state index in [0.717, 1.165) is 67.5 Å². The van der Waals surface area contributed by atoms with Crippen LogP contribution in [0.3, 0.4) is 0 Å². The number of nitrogens with zero attached hydrogens (tertiary/aromatic N) is 2. The van der Waals surface area contributed by atoms with Crippen LogP contribution in [0.1, 0.15) is 62.5 Å². The van der Waals surface area contributed by atoms with Crippen molar-refractivity contribution in [3.05, 3.63) is 63.7 Å². The van der Waals surface area contributed by atoms with E-state index in [1.54, 1.807) is 12.4 Å². The van der Waals surface area contributed by atoms with Crippen LogP contribution < -0.4 is 4.90 Å². The number of pyridine rings is 1. The Balaban J connectivity index is 1.74. The minimum Gasteiger partial charge on any atom is -0.468 e. The summed E-state index contributed by atoms with van der Waals surface area (Å²) >= 11 is 7.39. The zero-order valence-corrected chi connectivity index (χ0v) is 23.7. The highest BCUT2D eigenvalue weighted by atomic mass is 35.5. The lowest BCUT2D eigenvalue weighted by Crippen LogP contribution is -2.35. The number of hydrogen-bond donors (Lipinski definition) is 0. The molecule has 2 aliphatic rings. The fourth-order valence-electron chi connectivity index (χ4n) is 4.89. The van der Waals surface area contributed by atoms with Gasteiger partial charge < -0.3 is 14.4 Å². The highest BCUT2D eigenvalue weighted by molar-refractivity contribution is 8.00. The van der Waals surface area contributed by atoms with E-state index in [-0.39, 0.29) is 29.1 Å². The van der Waals surface area contributed by atoms with Gasteiger partial charge in [0.25, 0.3) is 5.91 Å². The first kappa shape index (κ1) is 29.1. The first-order chi connectivity index (χ1) is 18.8. The highest BCUT2D eigenvalue weighted by Crippen LogP contribution is 2.37. The molecule has 4 rings (SSSR count). The van der Waals surface area contributed by atoms with Crippen molar-refractivity contribution in [1.82, 2.24) is 4.98 Å². The molecule has 0 aliphatic heterocycles. The summed E-state index contributed by atoms with van der Waals surface area (Å²) in [6.45, 7) is 1.92. The van der Waals surface area contributed by atoms with E-state index in [9.17, 15) is 14.4 Å². The van der Waals surface area contributed by atoms with Crippen molar-refractivity contribution in [3.8, 4) is 0 Å². The van der Waals surface area contributed by atoms with Crippen LogP contribution in [0.15, 0.2) is 46.6 Å². The van der Waals surface area contributed by atoms with Gasteiger partial charge in [0.1, 0.15) is 11.9 Å². The van der Waals surface area contributed by atoms with Crippen LogP contribution in [-0.4, -0.2) is 41.8 Å². The summed E-state index contributed by atoms with van der Waals surface area (Å²) in [4.78, 5) is 45.0. The molecule has 2 aliphatic carbocycles. The Hall–Kier alpha value is -2.91. The molecule has 0 N–H and O–H groups in total. The summed E-state index contributed by atoms with van der Waals surface area (Å²) in [5.41, 5.74) is 2.35. The van der Waals surface area contributed by atoms with Crippen molar-refractivity contribution in [1.29, 1.82) is 0 Å². The summed E-state index contributed by atoms with van der Waals surface area (Å²) in [5.74, 6) is -2.09. The van der Waals surface area contributed by atoms with E-state index in [1.807, 2.05) is 13.0 Å². The first-order valence-corrected chi connectivity index (χ1v) is 14.5. The Morgan fingerprint density at radius 1 is 1.13 bits per heavy atom. The molecule has 208 valence electrons. The lowest BCUT2D eigenvalue weighted by molar-refractivity contribution is -0.144. The molecule has 0 unspecified atom stereocenters.